The largest absolute Gasteiger partial charge is 0.328 e. The van der Waals surface area contributed by atoms with E-state index >= 15 is 0 Å². The molecule has 1 aromatic heterocycles. The molecule has 5 heteroatoms. The fourth-order valence-electron chi connectivity index (χ4n) is 3.66. The van der Waals surface area contributed by atoms with Gasteiger partial charge in [-0.05, 0) is 24.3 Å². The number of aromatic nitrogens is 3. The van der Waals surface area contributed by atoms with E-state index in [1.54, 1.807) is 0 Å². The Morgan fingerprint density at radius 1 is 1.22 bits per heavy atom. The van der Waals surface area contributed by atoms with Gasteiger partial charge in [0.05, 0.1) is 0 Å². The van der Waals surface area contributed by atoms with Crippen molar-refractivity contribution < 1.29 is 4.79 Å². The highest BCUT2D eigenvalue weighted by atomic mass is 16.1. The fraction of sp³-hybridized carbons (Fsp3) is 0.389. The maximum absolute atomic E-state index is 12.9. The van der Waals surface area contributed by atoms with Crippen LogP contribution < -0.4 is 5.32 Å². The minimum absolute atomic E-state index is 0.0264. The molecule has 1 N–H and O–H groups in total. The fourth-order valence-corrected chi connectivity index (χ4v) is 3.66. The lowest BCUT2D eigenvalue weighted by Gasteiger charge is -2.38. The second-order valence-electron chi connectivity index (χ2n) is 7.20. The van der Waals surface area contributed by atoms with Crippen molar-refractivity contribution in [3.05, 3.63) is 53.0 Å². The molecule has 0 unspecified atom stereocenters. The number of nitrogens with one attached hydrogen (secondary N) is 1. The van der Waals surface area contributed by atoms with Crippen molar-refractivity contribution in [1.82, 2.24) is 14.8 Å². The summed E-state index contributed by atoms with van der Waals surface area (Å²) in [4.78, 5) is 17.4. The molecule has 2 heterocycles. The Labute approximate surface area is 135 Å². The number of carbonyl (C=O) groups is 1. The van der Waals surface area contributed by atoms with Crippen LogP contribution in [0.5, 0.6) is 0 Å². The number of rotatable bonds is 1. The number of hydrogen-bond donors (Lipinski definition) is 1. The van der Waals surface area contributed by atoms with E-state index in [1.807, 2.05) is 29.8 Å². The molecule has 0 amide bonds. The van der Waals surface area contributed by atoms with Crippen molar-refractivity contribution in [2.24, 2.45) is 5.41 Å². The van der Waals surface area contributed by atoms with Gasteiger partial charge in [-0.1, -0.05) is 44.2 Å². The highest BCUT2D eigenvalue weighted by molar-refractivity contribution is 6.00. The lowest BCUT2D eigenvalue weighted by Crippen LogP contribution is -2.36. The Balaban J connectivity index is 1.92. The van der Waals surface area contributed by atoms with E-state index in [4.69, 9.17) is 0 Å². The summed E-state index contributed by atoms with van der Waals surface area (Å²) >= 11 is 0. The molecule has 2 aliphatic rings. The molecule has 23 heavy (non-hydrogen) atoms. The molecule has 1 aliphatic carbocycles. The van der Waals surface area contributed by atoms with Gasteiger partial charge in [0.25, 0.3) is 0 Å². The highest BCUT2D eigenvalue weighted by Gasteiger charge is 2.41. The number of hydrogen-bond acceptors (Lipinski definition) is 4. The number of carbonyl (C=O) groups excluding carboxylic acids is 1. The van der Waals surface area contributed by atoms with E-state index in [2.05, 4.69) is 41.4 Å². The molecule has 2 aromatic rings. The van der Waals surface area contributed by atoms with Gasteiger partial charge in [0, 0.05) is 17.7 Å². The standard InChI is InChI=1S/C18H20N4O/c1-11-19-17-20-13-9-18(2,3)10-14(23)15(13)16(22(17)21-11)12-7-5-4-6-8-12/h4-8,16H,9-10H2,1-3H3,(H,19,20,21)/t16-/m0/s1. The van der Waals surface area contributed by atoms with E-state index in [-0.39, 0.29) is 17.2 Å². The van der Waals surface area contributed by atoms with Gasteiger partial charge in [-0.15, -0.1) is 0 Å². The van der Waals surface area contributed by atoms with Crippen molar-refractivity contribution in [2.75, 3.05) is 5.32 Å². The van der Waals surface area contributed by atoms with Crippen molar-refractivity contribution in [3.8, 4) is 0 Å². The van der Waals surface area contributed by atoms with Gasteiger partial charge in [0.1, 0.15) is 11.9 Å². The molecule has 0 saturated carbocycles. The second-order valence-corrected chi connectivity index (χ2v) is 7.20. The van der Waals surface area contributed by atoms with Crippen LogP contribution in [0.15, 0.2) is 41.6 Å². The number of fused-ring (bicyclic) bond motifs is 1. The molecule has 1 aromatic carbocycles. The van der Waals surface area contributed by atoms with Crippen LogP contribution in [0.2, 0.25) is 0 Å². The molecule has 0 radical (unpaired) electrons. The third-order valence-electron chi connectivity index (χ3n) is 4.55. The molecule has 1 atom stereocenters. The van der Waals surface area contributed by atoms with Gasteiger partial charge in [-0.2, -0.15) is 10.1 Å². The lowest BCUT2D eigenvalue weighted by molar-refractivity contribution is -0.118. The molecule has 4 rings (SSSR count). The summed E-state index contributed by atoms with van der Waals surface area (Å²) < 4.78 is 1.85. The first-order chi connectivity index (χ1) is 10.9. The second kappa shape index (κ2) is 4.78. The summed E-state index contributed by atoms with van der Waals surface area (Å²) in [6, 6.07) is 9.89. The molecular formula is C18H20N4O. The smallest absolute Gasteiger partial charge is 0.226 e. The zero-order chi connectivity index (χ0) is 16.2. The minimum atomic E-state index is -0.188. The molecule has 118 valence electrons. The van der Waals surface area contributed by atoms with Gasteiger partial charge >= 0.3 is 0 Å². The van der Waals surface area contributed by atoms with Crippen LogP contribution in [0.4, 0.5) is 5.95 Å². The summed E-state index contributed by atoms with van der Waals surface area (Å²) in [5, 5.41) is 7.88. The van der Waals surface area contributed by atoms with Crippen molar-refractivity contribution in [3.63, 3.8) is 0 Å². The number of nitrogens with zero attached hydrogens (tertiary/aromatic N) is 3. The topological polar surface area (TPSA) is 59.8 Å². The molecule has 0 saturated heterocycles. The number of anilines is 1. The summed E-state index contributed by atoms with van der Waals surface area (Å²) in [7, 11) is 0. The average molecular weight is 308 g/mol. The molecule has 1 aliphatic heterocycles. The van der Waals surface area contributed by atoms with E-state index in [0.717, 1.165) is 29.2 Å². The third kappa shape index (κ3) is 2.27. The molecule has 0 spiro atoms. The van der Waals surface area contributed by atoms with Crippen LogP contribution in [0.3, 0.4) is 0 Å². The average Bonchev–Trinajstić information content (AvgIpc) is 2.84. The summed E-state index contributed by atoms with van der Waals surface area (Å²) in [6.45, 7) is 6.15. The number of ketones is 1. The van der Waals surface area contributed by atoms with Crippen molar-refractivity contribution in [2.45, 2.75) is 39.7 Å². The third-order valence-corrected chi connectivity index (χ3v) is 4.55. The van der Waals surface area contributed by atoms with E-state index in [9.17, 15) is 4.79 Å². The van der Waals surface area contributed by atoms with Crippen LogP contribution in [-0.4, -0.2) is 20.5 Å². The maximum atomic E-state index is 12.9. The number of aryl methyl sites for hydroxylation is 1. The quantitative estimate of drug-likeness (QED) is 0.878. The van der Waals surface area contributed by atoms with Crippen LogP contribution in [0.1, 0.15) is 44.1 Å². The minimum Gasteiger partial charge on any atom is -0.328 e. The van der Waals surface area contributed by atoms with Gasteiger partial charge in [0.15, 0.2) is 5.78 Å². The lowest BCUT2D eigenvalue weighted by atomic mass is 9.73. The summed E-state index contributed by atoms with van der Waals surface area (Å²) in [6.07, 6.45) is 1.42. The molecule has 0 fully saturated rings. The number of Topliss-reactive ketones (excluding diaryl/α,β-unsaturated/α-hetero) is 1. The van der Waals surface area contributed by atoms with Gasteiger partial charge in [0.2, 0.25) is 5.95 Å². The number of allylic oxidation sites excluding steroid dienone is 2. The Morgan fingerprint density at radius 3 is 2.70 bits per heavy atom. The number of benzene rings is 1. The van der Waals surface area contributed by atoms with Crippen LogP contribution in [0.25, 0.3) is 0 Å². The normalized spacial score (nSPS) is 22.4. The Morgan fingerprint density at radius 2 is 1.96 bits per heavy atom. The Bertz CT molecular complexity index is 817. The molecule has 5 nitrogen and oxygen atoms in total. The summed E-state index contributed by atoms with van der Waals surface area (Å²) in [5.41, 5.74) is 2.88. The van der Waals surface area contributed by atoms with Gasteiger partial charge in [-0.3, -0.25) is 4.79 Å². The van der Waals surface area contributed by atoms with Crippen LogP contribution >= 0.6 is 0 Å². The van der Waals surface area contributed by atoms with E-state index in [1.165, 1.54) is 0 Å². The van der Waals surface area contributed by atoms with E-state index < -0.39 is 0 Å². The Kier molecular flexibility index (Phi) is 2.95. The first-order valence-electron chi connectivity index (χ1n) is 7.96. The Hall–Kier alpha value is -2.43. The zero-order valence-electron chi connectivity index (χ0n) is 13.6. The van der Waals surface area contributed by atoms with Crippen molar-refractivity contribution >= 4 is 11.7 Å². The maximum Gasteiger partial charge on any atom is 0.226 e. The first-order valence-corrected chi connectivity index (χ1v) is 7.96. The predicted octanol–water partition coefficient (Wildman–Crippen LogP) is 3.24. The SMILES string of the molecule is Cc1nc2n(n1)[C@@H](c1ccccc1)C1=C(CC(C)(C)CC1=O)N2. The van der Waals surface area contributed by atoms with E-state index in [0.29, 0.717) is 12.2 Å². The van der Waals surface area contributed by atoms with Gasteiger partial charge < -0.3 is 5.32 Å². The highest BCUT2D eigenvalue weighted by Crippen LogP contribution is 2.45. The monoisotopic (exact) mass is 308 g/mol. The predicted molar refractivity (Wildman–Crippen MR) is 88.0 cm³/mol. The van der Waals surface area contributed by atoms with Crippen LogP contribution in [0, 0.1) is 12.3 Å². The molecular weight excluding hydrogens is 288 g/mol. The first kappa shape index (κ1) is 14.2. The summed E-state index contributed by atoms with van der Waals surface area (Å²) in [5.74, 6) is 1.64. The zero-order valence-corrected chi connectivity index (χ0v) is 13.6. The van der Waals surface area contributed by atoms with Crippen molar-refractivity contribution in [1.29, 1.82) is 0 Å². The van der Waals surface area contributed by atoms with Crippen LogP contribution in [-0.2, 0) is 4.79 Å². The molecule has 0 bridgehead atoms. The van der Waals surface area contributed by atoms with Gasteiger partial charge in [-0.25, -0.2) is 4.68 Å².